The van der Waals surface area contributed by atoms with Crippen LogP contribution in [0, 0.1) is 57.2 Å². The lowest BCUT2D eigenvalue weighted by Crippen LogP contribution is -2.68. The van der Waals surface area contributed by atoms with Crippen LogP contribution in [0.15, 0.2) is 23.8 Å². The zero-order valence-corrected chi connectivity index (χ0v) is 34.0. The SMILES string of the molecule is CC(=O)OC1CCC(C)(C)C2CC[C@]3(C)C(C(=O)C=C4[C@@H]5CC(C)(C(=O)N6CCN(c7c(Cl)ccc(C)c7Cl)CC6)CC[C@]5(C)CC[C@]43C)[C@@]12C. The highest BCUT2D eigenvalue weighted by molar-refractivity contribution is 6.39. The Morgan fingerprint density at radius 2 is 1.53 bits per heavy atom. The molecule has 7 rings (SSSR count). The second-order valence-electron chi connectivity index (χ2n) is 19.5. The fourth-order valence-corrected chi connectivity index (χ4v) is 13.8. The Hall–Kier alpha value is -2.05. The van der Waals surface area contributed by atoms with E-state index in [1.807, 2.05) is 19.1 Å². The molecular formula is C43H60Cl2N2O4. The first-order valence-electron chi connectivity index (χ1n) is 19.6. The normalized spacial score (nSPS) is 41.8. The molecule has 5 fully saturated rings. The van der Waals surface area contributed by atoms with Crippen LogP contribution < -0.4 is 4.90 Å². The highest BCUT2D eigenvalue weighted by Crippen LogP contribution is 2.75. The van der Waals surface area contributed by atoms with Crippen LogP contribution in [-0.2, 0) is 19.1 Å². The van der Waals surface area contributed by atoms with E-state index in [0.717, 1.165) is 69.0 Å². The third-order valence-electron chi connectivity index (χ3n) is 16.4. The number of amides is 1. The third kappa shape index (κ3) is 5.40. The molecule has 51 heavy (non-hydrogen) atoms. The van der Waals surface area contributed by atoms with Gasteiger partial charge in [0, 0.05) is 49.9 Å². The monoisotopic (exact) mass is 738 g/mol. The minimum atomic E-state index is -0.498. The maximum Gasteiger partial charge on any atom is 0.302 e. The van der Waals surface area contributed by atoms with E-state index in [-0.39, 0.29) is 57.3 Å². The van der Waals surface area contributed by atoms with Gasteiger partial charge in [-0.05, 0) is 116 Å². The molecule has 1 aromatic carbocycles. The van der Waals surface area contributed by atoms with Gasteiger partial charge in [-0.3, -0.25) is 14.4 Å². The van der Waals surface area contributed by atoms with Gasteiger partial charge < -0.3 is 14.5 Å². The van der Waals surface area contributed by atoms with Crippen LogP contribution in [-0.4, -0.2) is 54.8 Å². The Morgan fingerprint density at radius 3 is 2.20 bits per heavy atom. The Bertz CT molecular complexity index is 1680. The van der Waals surface area contributed by atoms with Crippen molar-refractivity contribution in [3.63, 3.8) is 0 Å². The predicted octanol–water partition coefficient (Wildman–Crippen LogP) is 9.86. The molecule has 9 atom stereocenters. The quantitative estimate of drug-likeness (QED) is 0.289. The minimum Gasteiger partial charge on any atom is -0.462 e. The summed E-state index contributed by atoms with van der Waals surface area (Å²) in [7, 11) is 0. The summed E-state index contributed by atoms with van der Waals surface area (Å²) in [5.74, 6) is 0.470. The van der Waals surface area contributed by atoms with E-state index in [0.29, 0.717) is 42.1 Å². The first-order valence-corrected chi connectivity index (χ1v) is 20.4. The standard InChI is InChI=1S/C43H60Cl2N2O4/c1-26-10-11-30(44)35(34(26)45)46-20-22-47(23-21-46)37(50)40(6)17-16-39(5)18-19-41(7)28(29(39)25-40)24-31(49)36-42(41,8)15-12-32-38(3,4)14-13-33(43(32,36)9)51-27(2)48/h10-11,24,29,32-33,36H,12-23,25H2,1-9H3/t29-,32?,33?,36?,39+,40?,41+,42+,43+/m0/s1. The molecule has 0 aromatic heterocycles. The fourth-order valence-electron chi connectivity index (χ4n) is 13.2. The van der Waals surface area contributed by atoms with Gasteiger partial charge in [-0.1, -0.05) is 83.3 Å². The van der Waals surface area contributed by atoms with Crippen molar-refractivity contribution >= 4 is 46.5 Å². The Labute approximate surface area is 316 Å². The van der Waals surface area contributed by atoms with Crippen molar-refractivity contribution in [1.29, 1.82) is 0 Å². The van der Waals surface area contributed by atoms with Gasteiger partial charge >= 0.3 is 5.97 Å². The summed E-state index contributed by atoms with van der Waals surface area (Å²) in [5, 5.41) is 1.33. The van der Waals surface area contributed by atoms with Gasteiger partial charge in [0.15, 0.2) is 5.78 Å². The second kappa shape index (κ2) is 12.2. The molecule has 1 aliphatic heterocycles. The number of hydrogen-bond donors (Lipinski definition) is 0. The van der Waals surface area contributed by atoms with Gasteiger partial charge in [0.05, 0.1) is 15.7 Å². The van der Waals surface area contributed by atoms with Crippen molar-refractivity contribution in [2.45, 2.75) is 126 Å². The number of carbonyl (C=O) groups excluding carboxylic acids is 3. The zero-order chi connectivity index (χ0) is 37.1. The molecule has 1 saturated heterocycles. The number of ketones is 1. The molecule has 5 aliphatic carbocycles. The Kier molecular flexibility index (Phi) is 8.94. The van der Waals surface area contributed by atoms with Crippen LogP contribution in [0.4, 0.5) is 5.69 Å². The van der Waals surface area contributed by atoms with E-state index in [9.17, 15) is 14.4 Å². The predicted molar refractivity (Wildman–Crippen MR) is 205 cm³/mol. The summed E-state index contributed by atoms with van der Waals surface area (Å²) in [6, 6.07) is 3.85. The average Bonchev–Trinajstić information content (AvgIpc) is 3.06. The van der Waals surface area contributed by atoms with E-state index in [4.69, 9.17) is 27.9 Å². The molecule has 4 saturated carbocycles. The van der Waals surface area contributed by atoms with Crippen molar-refractivity contribution in [3.05, 3.63) is 39.4 Å². The van der Waals surface area contributed by atoms with Crippen LogP contribution in [0.25, 0.3) is 0 Å². The third-order valence-corrected chi connectivity index (χ3v) is 17.2. The number of carbonyl (C=O) groups is 3. The second-order valence-corrected chi connectivity index (χ2v) is 20.3. The van der Waals surface area contributed by atoms with Crippen molar-refractivity contribution in [1.82, 2.24) is 4.90 Å². The molecule has 6 nitrogen and oxygen atoms in total. The number of allylic oxidation sites excluding steroid dienone is 2. The Morgan fingerprint density at radius 1 is 0.863 bits per heavy atom. The number of halogens is 2. The number of ether oxygens (including phenoxy) is 1. The zero-order valence-electron chi connectivity index (χ0n) is 32.5. The number of nitrogens with zero attached hydrogens (tertiary/aromatic N) is 2. The average molecular weight is 740 g/mol. The highest BCUT2D eigenvalue weighted by atomic mass is 35.5. The lowest BCUT2D eigenvalue weighted by atomic mass is 9.33. The first kappa shape index (κ1) is 37.3. The van der Waals surface area contributed by atoms with Gasteiger partial charge in [0.25, 0.3) is 0 Å². The van der Waals surface area contributed by atoms with E-state index < -0.39 is 10.8 Å². The van der Waals surface area contributed by atoms with Crippen molar-refractivity contribution in [2.75, 3.05) is 31.1 Å². The van der Waals surface area contributed by atoms with Crippen molar-refractivity contribution in [3.8, 4) is 0 Å². The van der Waals surface area contributed by atoms with E-state index in [1.165, 1.54) is 12.5 Å². The van der Waals surface area contributed by atoms with E-state index in [1.54, 1.807) is 0 Å². The van der Waals surface area contributed by atoms with Crippen molar-refractivity contribution in [2.24, 2.45) is 50.2 Å². The summed E-state index contributed by atoms with van der Waals surface area (Å²) in [4.78, 5) is 46.3. The number of rotatable bonds is 3. The topological polar surface area (TPSA) is 66.9 Å². The number of esters is 1. The number of benzene rings is 1. The van der Waals surface area contributed by atoms with Crippen LogP contribution in [0.2, 0.25) is 10.0 Å². The summed E-state index contributed by atoms with van der Waals surface area (Å²) < 4.78 is 6.16. The summed E-state index contributed by atoms with van der Waals surface area (Å²) in [6.45, 7) is 22.6. The lowest BCUT2D eigenvalue weighted by molar-refractivity contribution is -0.225. The summed E-state index contributed by atoms with van der Waals surface area (Å²) in [5.41, 5.74) is 1.91. The molecule has 1 aromatic rings. The first-order chi connectivity index (χ1) is 23.7. The van der Waals surface area contributed by atoms with Crippen molar-refractivity contribution < 1.29 is 19.1 Å². The van der Waals surface area contributed by atoms with Crippen LogP contribution in [0.5, 0.6) is 0 Å². The number of aryl methyl sites for hydroxylation is 1. The van der Waals surface area contributed by atoms with Gasteiger partial charge in [0.2, 0.25) is 5.91 Å². The van der Waals surface area contributed by atoms with Crippen LogP contribution >= 0.6 is 23.2 Å². The molecule has 0 bridgehead atoms. The fraction of sp³-hybridized carbons (Fsp3) is 0.744. The molecule has 0 radical (unpaired) electrons. The molecule has 1 amide bonds. The number of piperazine rings is 1. The Balaban J connectivity index is 1.18. The molecule has 0 spiro atoms. The number of anilines is 1. The van der Waals surface area contributed by atoms with Crippen LogP contribution in [0.1, 0.15) is 119 Å². The maximum absolute atomic E-state index is 15.0. The highest BCUT2D eigenvalue weighted by Gasteiger charge is 2.72. The summed E-state index contributed by atoms with van der Waals surface area (Å²) in [6.07, 6.45) is 10.4. The lowest BCUT2D eigenvalue weighted by Gasteiger charge is -2.71. The minimum absolute atomic E-state index is 0.0557. The van der Waals surface area contributed by atoms with Gasteiger partial charge in [-0.2, -0.15) is 0 Å². The summed E-state index contributed by atoms with van der Waals surface area (Å²) >= 11 is 13.3. The van der Waals surface area contributed by atoms with Gasteiger partial charge in [0.1, 0.15) is 6.10 Å². The maximum atomic E-state index is 15.0. The van der Waals surface area contributed by atoms with Gasteiger partial charge in [-0.25, -0.2) is 0 Å². The molecule has 8 heteroatoms. The number of hydrogen-bond acceptors (Lipinski definition) is 5. The smallest absolute Gasteiger partial charge is 0.302 e. The number of fused-ring (bicyclic) bond motifs is 7. The van der Waals surface area contributed by atoms with E-state index in [2.05, 4.69) is 64.3 Å². The molecule has 0 N–H and O–H groups in total. The largest absolute Gasteiger partial charge is 0.462 e. The molecular weight excluding hydrogens is 679 g/mol. The van der Waals surface area contributed by atoms with Crippen LogP contribution in [0.3, 0.4) is 0 Å². The van der Waals surface area contributed by atoms with E-state index >= 15 is 0 Å². The molecule has 6 aliphatic rings. The molecule has 4 unspecified atom stereocenters. The molecule has 280 valence electrons. The molecule has 1 heterocycles. The van der Waals surface area contributed by atoms with Gasteiger partial charge in [-0.15, -0.1) is 0 Å².